The second-order valence-corrected chi connectivity index (χ2v) is 7.61. The van der Waals surface area contributed by atoms with E-state index in [2.05, 4.69) is 41.5 Å². The molecule has 3 nitrogen and oxygen atoms in total. The number of piperidine rings is 2. The Kier molecular flexibility index (Phi) is 6.33. The zero-order valence-electron chi connectivity index (χ0n) is 16.8. The van der Waals surface area contributed by atoms with Gasteiger partial charge >= 0.3 is 0 Å². The Morgan fingerprint density at radius 1 is 1.00 bits per heavy atom. The average molecular weight is 365 g/mol. The van der Waals surface area contributed by atoms with Crippen LogP contribution in [-0.2, 0) is 0 Å². The van der Waals surface area contributed by atoms with Crippen LogP contribution in [0, 0.1) is 5.92 Å². The minimum Gasteiger partial charge on any atom is -0.343 e. The number of carbonyl (C=O) groups excluding carboxylic acids is 1. The third-order valence-electron chi connectivity index (χ3n) is 6.24. The van der Waals surface area contributed by atoms with E-state index in [-0.39, 0.29) is 17.5 Å². The lowest BCUT2D eigenvalue weighted by molar-refractivity contribution is -0.0404. The quantitative estimate of drug-likeness (QED) is 0.822. The molecule has 2 bridgehead atoms. The second-order valence-electron chi connectivity index (χ2n) is 7.61. The van der Waals surface area contributed by atoms with Crippen molar-refractivity contribution < 1.29 is 4.79 Å². The Balaban J connectivity index is 0.00000102. The fraction of sp³-hybridized carbons (Fsp3) is 0.458. The van der Waals surface area contributed by atoms with Crippen molar-refractivity contribution in [3.63, 3.8) is 0 Å². The third kappa shape index (κ3) is 3.93. The Labute approximate surface area is 163 Å². The molecule has 1 aliphatic carbocycles. The monoisotopic (exact) mass is 364 g/mol. The Hall–Kier alpha value is -2.13. The van der Waals surface area contributed by atoms with E-state index in [1.54, 1.807) is 0 Å². The number of amides is 1. The normalized spacial score (nSPS) is 25.2. The molecule has 0 radical (unpaired) electrons. The van der Waals surface area contributed by atoms with Crippen LogP contribution in [-0.4, -0.2) is 29.9 Å². The lowest BCUT2D eigenvalue weighted by atomic mass is 9.66. The highest BCUT2D eigenvalue weighted by Gasteiger charge is 2.50. The summed E-state index contributed by atoms with van der Waals surface area (Å²) >= 11 is 0. The van der Waals surface area contributed by atoms with Crippen molar-refractivity contribution in [3.8, 4) is 0 Å². The fourth-order valence-corrected chi connectivity index (χ4v) is 4.80. The summed E-state index contributed by atoms with van der Waals surface area (Å²) in [7, 11) is 2.23. The van der Waals surface area contributed by atoms with E-state index in [9.17, 15) is 4.79 Å². The number of rotatable bonds is 4. The lowest BCUT2D eigenvalue weighted by Crippen LogP contribution is -2.62. The van der Waals surface area contributed by atoms with Gasteiger partial charge in [-0.05, 0) is 56.3 Å². The molecule has 0 spiro atoms. The molecule has 2 aromatic rings. The van der Waals surface area contributed by atoms with E-state index in [4.69, 9.17) is 0 Å². The van der Waals surface area contributed by atoms with Gasteiger partial charge in [-0.2, -0.15) is 0 Å². The van der Waals surface area contributed by atoms with E-state index in [0.717, 1.165) is 30.9 Å². The molecule has 1 atom stereocenters. The summed E-state index contributed by atoms with van der Waals surface area (Å²) in [5, 5.41) is 3.39. The SMILES string of the molecule is CC.CN1CC2CCC1([C@H](NC(=O)c1ccccc1)c1ccccc1)CC2. The molecule has 1 amide bonds. The predicted octanol–water partition coefficient (Wildman–Crippen LogP) is 5.06. The standard InChI is InChI=1S/C22H26N2O.C2H6/c1-24-16-17-12-14-22(24,15-13-17)20(18-8-4-2-5-9-18)23-21(25)19-10-6-3-7-11-19;1-2/h2-11,17,20H,12-16H2,1H3,(H,23,25);1-2H3/t17?,20-,22?;/m1./s1. The molecule has 0 aromatic heterocycles. The first kappa shape index (κ1) is 19.6. The highest BCUT2D eigenvalue weighted by atomic mass is 16.1. The third-order valence-corrected chi connectivity index (χ3v) is 6.24. The van der Waals surface area contributed by atoms with Crippen LogP contribution < -0.4 is 5.32 Å². The number of benzene rings is 2. The summed E-state index contributed by atoms with van der Waals surface area (Å²) in [6.07, 6.45) is 4.86. The van der Waals surface area contributed by atoms with E-state index in [1.165, 1.54) is 18.4 Å². The van der Waals surface area contributed by atoms with Gasteiger partial charge in [0.2, 0.25) is 0 Å². The van der Waals surface area contributed by atoms with Crippen molar-refractivity contribution in [1.29, 1.82) is 0 Å². The molecule has 3 heteroatoms. The van der Waals surface area contributed by atoms with E-state index < -0.39 is 0 Å². The number of hydrogen-bond acceptors (Lipinski definition) is 2. The second kappa shape index (κ2) is 8.71. The molecule has 2 aliphatic heterocycles. The molecule has 2 heterocycles. The van der Waals surface area contributed by atoms with E-state index >= 15 is 0 Å². The molecule has 5 rings (SSSR count). The number of carbonyl (C=O) groups is 1. The van der Waals surface area contributed by atoms with Crippen LogP contribution >= 0.6 is 0 Å². The molecule has 0 unspecified atom stereocenters. The number of nitrogens with one attached hydrogen (secondary N) is 1. The molecule has 1 N–H and O–H groups in total. The Morgan fingerprint density at radius 2 is 1.56 bits per heavy atom. The Bertz CT molecular complexity index is 721. The maximum absolute atomic E-state index is 12.9. The first-order chi connectivity index (χ1) is 13.2. The number of nitrogens with zero attached hydrogens (tertiary/aromatic N) is 1. The van der Waals surface area contributed by atoms with Crippen molar-refractivity contribution in [2.75, 3.05) is 13.6 Å². The fourth-order valence-electron chi connectivity index (χ4n) is 4.80. The topological polar surface area (TPSA) is 32.3 Å². The molecule has 27 heavy (non-hydrogen) atoms. The van der Waals surface area contributed by atoms with Crippen LogP contribution in [0.1, 0.15) is 61.5 Å². The zero-order valence-corrected chi connectivity index (χ0v) is 16.8. The molecule has 3 fully saturated rings. The molecule has 1 saturated carbocycles. The van der Waals surface area contributed by atoms with Gasteiger partial charge in [0.05, 0.1) is 6.04 Å². The summed E-state index contributed by atoms with van der Waals surface area (Å²) in [6.45, 7) is 5.14. The maximum atomic E-state index is 12.9. The van der Waals surface area contributed by atoms with Gasteiger partial charge in [-0.1, -0.05) is 62.4 Å². The first-order valence-electron chi connectivity index (χ1n) is 10.3. The van der Waals surface area contributed by atoms with Gasteiger partial charge in [0.15, 0.2) is 0 Å². The predicted molar refractivity (Wildman–Crippen MR) is 112 cm³/mol. The molecule has 2 saturated heterocycles. The average Bonchev–Trinajstić information content (AvgIpc) is 2.75. The van der Waals surface area contributed by atoms with Gasteiger partial charge in [-0.25, -0.2) is 0 Å². The molecule has 144 valence electrons. The zero-order chi connectivity index (χ0) is 19.3. The van der Waals surface area contributed by atoms with Gasteiger partial charge in [-0.3, -0.25) is 9.69 Å². The first-order valence-corrected chi connectivity index (χ1v) is 10.3. The Morgan fingerprint density at radius 3 is 2.11 bits per heavy atom. The number of hydrogen-bond donors (Lipinski definition) is 1. The van der Waals surface area contributed by atoms with Crippen LogP contribution in [0.25, 0.3) is 0 Å². The van der Waals surface area contributed by atoms with Crippen molar-refractivity contribution >= 4 is 5.91 Å². The minimum atomic E-state index is 0.0184. The van der Waals surface area contributed by atoms with Gasteiger partial charge in [0.1, 0.15) is 0 Å². The van der Waals surface area contributed by atoms with Crippen molar-refractivity contribution in [1.82, 2.24) is 10.2 Å². The van der Waals surface area contributed by atoms with Crippen molar-refractivity contribution in [3.05, 3.63) is 71.8 Å². The summed E-state index contributed by atoms with van der Waals surface area (Å²) in [5.74, 6) is 0.845. The van der Waals surface area contributed by atoms with Crippen LogP contribution in [0.3, 0.4) is 0 Å². The summed E-state index contributed by atoms with van der Waals surface area (Å²) in [6, 6.07) is 20.1. The van der Waals surface area contributed by atoms with Crippen LogP contribution in [0.5, 0.6) is 0 Å². The number of likely N-dealkylation sites (N-methyl/N-ethyl adjacent to an activating group) is 1. The van der Waals surface area contributed by atoms with Crippen LogP contribution in [0.15, 0.2) is 60.7 Å². The van der Waals surface area contributed by atoms with Crippen LogP contribution in [0.4, 0.5) is 0 Å². The van der Waals surface area contributed by atoms with Gasteiger partial charge < -0.3 is 5.32 Å². The largest absolute Gasteiger partial charge is 0.343 e. The molecule has 2 aromatic carbocycles. The minimum absolute atomic E-state index is 0.0184. The summed E-state index contributed by atoms with van der Waals surface area (Å²) in [5.41, 5.74) is 1.96. The smallest absolute Gasteiger partial charge is 0.251 e. The molecular weight excluding hydrogens is 332 g/mol. The summed E-state index contributed by atoms with van der Waals surface area (Å²) < 4.78 is 0. The van der Waals surface area contributed by atoms with Crippen molar-refractivity contribution in [2.45, 2.75) is 51.1 Å². The van der Waals surface area contributed by atoms with E-state index in [1.807, 2.05) is 50.2 Å². The van der Waals surface area contributed by atoms with Gasteiger partial charge in [0.25, 0.3) is 5.91 Å². The summed E-state index contributed by atoms with van der Waals surface area (Å²) in [4.78, 5) is 15.4. The highest BCUT2D eigenvalue weighted by molar-refractivity contribution is 5.94. The van der Waals surface area contributed by atoms with Crippen LogP contribution in [0.2, 0.25) is 0 Å². The number of fused-ring (bicyclic) bond motifs is 3. The van der Waals surface area contributed by atoms with Crippen molar-refractivity contribution in [2.24, 2.45) is 5.92 Å². The molecule has 3 aliphatic rings. The van der Waals surface area contributed by atoms with Gasteiger partial charge in [0, 0.05) is 17.6 Å². The van der Waals surface area contributed by atoms with Gasteiger partial charge in [-0.15, -0.1) is 0 Å². The lowest BCUT2D eigenvalue weighted by Gasteiger charge is -2.57. The maximum Gasteiger partial charge on any atom is 0.251 e. The van der Waals surface area contributed by atoms with E-state index in [0.29, 0.717) is 0 Å². The highest BCUT2D eigenvalue weighted by Crippen LogP contribution is 2.48. The molecular formula is C24H32N2O.